The first-order valence-corrected chi connectivity index (χ1v) is 25.2. The predicted molar refractivity (Wildman–Crippen MR) is 277 cm³/mol. The third-order valence-corrected chi connectivity index (χ3v) is 14.1. The fourth-order valence-corrected chi connectivity index (χ4v) is 10.4. The molecule has 1 saturated carbocycles. The minimum Gasteiger partial charge on any atom is -0.508 e. The second kappa shape index (κ2) is 23.5. The number of carboxylic acids is 1. The number of aromatic amines is 1. The number of aliphatic carboxylic acids is 1. The molecule has 8 atom stereocenters. The summed E-state index contributed by atoms with van der Waals surface area (Å²) in [6.45, 7) is -0.208. The number of aliphatic hydroxyl groups is 6. The molecule has 77 heavy (non-hydrogen) atoms. The number of carbonyl (C=O) groups excluding carboxylic acids is 2. The number of aldehydes is 1. The summed E-state index contributed by atoms with van der Waals surface area (Å²) >= 11 is 0. The molecule has 4 heterocycles. The lowest BCUT2D eigenvalue weighted by atomic mass is 9.66. The molecule has 0 amide bonds. The average molecular weight is 1070 g/mol. The van der Waals surface area contributed by atoms with Crippen LogP contribution >= 0.6 is 0 Å². The molecule has 1 saturated heterocycles. The van der Waals surface area contributed by atoms with Crippen LogP contribution in [0.5, 0.6) is 11.5 Å². The van der Waals surface area contributed by atoms with Crippen LogP contribution in [0.25, 0.3) is 44.3 Å². The number of aliphatic hydroxyl groups excluding tert-OH is 4. The second-order valence-corrected chi connectivity index (χ2v) is 19.6. The number of rotatable bonds is 22. The third kappa shape index (κ3) is 11.2. The Morgan fingerprint density at radius 3 is 2.40 bits per heavy atom. The summed E-state index contributed by atoms with van der Waals surface area (Å²) in [4.78, 5) is 66.7. The van der Waals surface area contributed by atoms with Gasteiger partial charge in [-0.25, -0.2) is 9.59 Å². The van der Waals surface area contributed by atoms with Crippen LogP contribution in [0.2, 0.25) is 0 Å². The van der Waals surface area contributed by atoms with Crippen molar-refractivity contribution in [2.24, 2.45) is 10.7 Å². The Morgan fingerprint density at radius 1 is 1.01 bits per heavy atom. The first-order valence-electron chi connectivity index (χ1n) is 25.2. The summed E-state index contributed by atoms with van der Waals surface area (Å²) in [5, 5.41) is 98.9. The number of carbonyl (C=O) groups is 3. The maximum Gasteiger partial charge on any atom is 0.337 e. The van der Waals surface area contributed by atoms with Crippen molar-refractivity contribution in [2.75, 3.05) is 26.4 Å². The largest absolute Gasteiger partial charge is 0.508 e. The van der Waals surface area contributed by atoms with Gasteiger partial charge in [-0.3, -0.25) is 15.1 Å². The van der Waals surface area contributed by atoms with Gasteiger partial charge in [0, 0.05) is 42.8 Å². The van der Waals surface area contributed by atoms with Crippen LogP contribution in [0.3, 0.4) is 0 Å². The number of phenolic OH excluding ortho intramolecular Hbond substituents is 1. The number of hydrogen-bond acceptors (Lipinski definition) is 18. The molecule has 0 unspecified atom stereocenters. The number of nitrogens with one attached hydrogen (secondary N) is 3. The highest BCUT2D eigenvalue weighted by molar-refractivity contribution is 5.98. The topological polar surface area (TPSA) is 363 Å². The normalized spacial score (nSPS) is 22.8. The number of aryl methyl sites for hydroxylation is 2. The van der Waals surface area contributed by atoms with Gasteiger partial charge in [0.1, 0.15) is 41.9 Å². The Morgan fingerprint density at radius 2 is 1.74 bits per heavy atom. The van der Waals surface area contributed by atoms with Gasteiger partial charge >= 0.3 is 11.9 Å². The van der Waals surface area contributed by atoms with E-state index in [4.69, 9.17) is 29.2 Å². The minimum absolute atomic E-state index is 0.0231. The number of carboxylic acid groups (broad SMARTS) is 1. The highest BCUT2D eigenvalue weighted by Gasteiger charge is 2.75. The van der Waals surface area contributed by atoms with Crippen LogP contribution in [0.4, 0.5) is 0 Å². The van der Waals surface area contributed by atoms with Crippen molar-refractivity contribution in [3.8, 4) is 33.9 Å². The van der Waals surface area contributed by atoms with Crippen LogP contribution in [-0.4, -0.2) is 155 Å². The fraction of sp³-hybridized carbons (Fsp3) is 0.426. The van der Waals surface area contributed by atoms with E-state index in [9.17, 15) is 60.0 Å². The number of esters is 1. The molecule has 6 aromatic rings. The fourth-order valence-electron chi connectivity index (χ4n) is 10.4. The summed E-state index contributed by atoms with van der Waals surface area (Å²) in [6.07, 6.45) is -1.71. The van der Waals surface area contributed by atoms with Gasteiger partial charge in [0.15, 0.2) is 28.7 Å². The van der Waals surface area contributed by atoms with Crippen molar-refractivity contribution in [3.05, 3.63) is 107 Å². The molecule has 412 valence electrons. The van der Waals surface area contributed by atoms with Crippen molar-refractivity contribution >= 4 is 46.1 Å². The number of aromatic nitrogens is 2. The number of ether oxygens (including phenoxy) is 3. The summed E-state index contributed by atoms with van der Waals surface area (Å²) in [5.74, 6) is -4.18. The molecule has 3 aromatic heterocycles. The molecule has 13 N–H and O–H groups in total. The van der Waals surface area contributed by atoms with Crippen LogP contribution in [0, 0.1) is 13.8 Å². The van der Waals surface area contributed by atoms with Gasteiger partial charge in [0.25, 0.3) is 0 Å². The van der Waals surface area contributed by atoms with E-state index in [1.54, 1.807) is 12.3 Å². The SMILES string of the molecule is Cc1cc(C)cc(-c2c3[nH]ccc3cn2O[C@@H]2[C@@H](Oc3ccc4c(=O)c(-c5ccc(O)cc5)coc4c3)O[C@@H]([C@](CO)(NC(N)=NC3CCCCC3)OC(=O)[C@H](NCCC=O)C(=O)O)[C@@](O)(CO)[C@]2(O)[C@H](O)CCCO)c1. The zero-order chi connectivity index (χ0) is 55.2. The predicted octanol–water partition coefficient (Wildman–Crippen LogP) is 2.02. The van der Waals surface area contributed by atoms with Gasteiger partial charge in [-0.2, -0.15) is 4.73 Å². The van der Waals surface area contributed by atoms with E-state index in [0.717, 1.165) is 30.4 Å². The molecule has 2 fully saturated rings. The van der Waals surface area contributed by atoms with E-state index in [-0.39, 0.29) is 47.4 Å². The van der Waals surface area contributed by atoms with E-state index < -0.39 is 103 Å². The molecule has 1 aliphatic carbocycles. The average Bonchev–Trinajstić information content (AvgIpc) is 4.14. The monoisotopic (exact) mass is 1070 g/mol. The number of fused-ring (bicyclic) bond motifs is 2. The highest BCUT2D eigenvalue weighted by Crippen LogP contribution is 2.47. The first kappa shape index (κ1) is 55.9. The maximum atomic E-state index is 14.3. The van der Waals surface area contributed by atoms with Gasteiger partial charge in [-0.1, -0.05) is 48.6 Å². The number of aromatic hydroxyl groups is 1. The second-order valence-electron chi connectivity index (χ2n) is 19.6. The van der Waals surface area contributed by atoms with Crippen LogP contribution in [-0.2, 0) is 23.9 Å². The number of phenols is 1. The molecule has 2 aliphatic rings. The molecule has 0 spiro atoms. The van der Waals surface area contributed by atoms with E-state index in [1.165, 1.54) is 59.7 Å². The molecule has 23 nitrogen and oxygen atoms in total. The van der Waals surface area contributed by atoms with Gasteiger partial charge in [0.05, 0.1) is 41.4 Å². The summed E-state index contributed by atoms with van der Waals surface area (Å²) in [5.41, 5.74) is 0.0474. The summed E-state index contributed by atoms with van der Waals surface area (Å²) in [7, 11) is 0. The molecule has 0 radical (unpaired) electrons. The Hall–Kier alpha value is -7.35. The molecular formula is C54H64N6O17. The zero-order valence-electron chi connectivity index (χ0n) is 42.3. The van der Waals surface area contributed by atoms with Crippen molar-refractivity contribution in [2.45, 2.75) is 119 Å². The Bertz CT molecular complexity index is 3130. The van der Waals surface area contributed by atoms with Crippen molar-refractivity contribution in [1.82, 2.24) is 20.3 Å². The minimum atomic E-state index is -3.41. The van der Waals surface area contributed by atoms with Crippen LogP contribution in [0.1, 0.15) is 62.5 Å². The quantitative estimate of drug-likeness (QED) is 0.00880. The van der Waals surface area contributed by atoms with Gasteiger partial charge < -0.3 is 85.1 Å². The Labute approximate surface area is 440 Å². The molecule has 1 aliphatic heterocycles. The number of benzene rings is 3. The van der Waals surface area contributed by atoms with Crippen molar-refractivity contribution in [1.29, 1.82) is 0 Å². The smallest absolute Gasteiger partial charge is 0.337 e. The number of aliphatic imine (C=N–C) groups is 1. The summed E-state index contributed by atoms with van der Waals surface area (Å²) in [6, 6.07) is 14.6. The standard InChI is InChI=1S/C54H64N6O17/c1-30-22-31(2)24-34(23-30)44-42-33(17-19-57-42)26-60(44)77-46-49(74-37-15-16-38-40(25-37)73-27-39(45(38)67)32-11-13-36(65)14-12-32)75-50(52(71,28-63)54(46,72)41(66)10-6-20-61)53(29-64,59-51(55)58-35-8-4-3-5-9-35)76-48(70)43(47(68)69)56-18-7-21-62/h11-17,19,21-27,35,41,43,46,49-50,56-57,61,63-66,71-72H,3-10,18,20,28-29H2,1-2H3,(H,68,69)(H3,55,58,59)/t41-,43-,46-,49+,50-,52+,53-,54+/m1/s1. The lowest BCUT2D eigenvalue weighted by molar-refractivity contribution is -0.400. The Kier molecular flexibility index (Phi) is 17.0. The molecular weight excluding hydrogens is 1000 g/mol. The van der Waals surface area contributed by atoms with Crippen molar-refractivity contribution in [3.63, 3.8) is 0 Å². The van der Waals surface area contributed by atoms with E-state index in [2.05, 4.69) is 20.6 Å². The van der Waals surface area contributed by atoms with Gasteiger partial charge in [-0.15, -0.1) is 0 Å². The number of H-pyrrole nitrogens is 1. The van der Waals surface area contributed by atoms with E-state index in [0.29, 0.717) is 46.9 Å². The highest BCUT2D eigenvalue weighted by atomic mass is 16.8. The molecule has 23 heteroatoms. The number of guanidine groups is 1. The van der Waals surface area contributed by atoms with Crippen LogP contribution in [0.15, 0.2) is 99.6 Å². The third-order valence-electron chi connectivity index (χ3n) is 14.1. The molecule has 8 rings (SSSR count). The molecule has 3 aromatic carbocycles. The van der Waals surface area contributed by atoms with Gasteiger partial charge in [0.2, 0.25) is 24.2 Å². The summed E-state index contributed by atoms with van der Waals surface area (Å²) < 4.78 is 26.3. The zero-order valence-corrected chi connectivity index (χ0v) is 42.3. The van der Waals surface area contributed by atoms with E-state index in [1.807, 2.05) is 32.0 Å². The molecule has 0 bridgehead atoms. The Balaban J connectivity index is 1.34. The maximum absolute atomic E-state index is 14.3. The number of nitrogens with two attached hydrogens (primary N) is 1. The van der Waals surface area contributed by atoms with E-state index >= 15 is 0 Å². The number of hydrogen-bond donors (Lipinski definition) is 12. The first-order chi connectivity index (χ1) is 36.9. The van der Waals surface area contributed by atoms with Crippen molar-refractivity contribution < 1.29 is 78.7 Å². The number of nitrogens with zero attached hydrogens (tertiary/aromatic N) is 2. The lowest BCUT2D eigenvalue weighted by Gasteiger charge is -2.59. The lowest BCUT2D eigenvalue weighted by Crippen LogP contribution is -2.86. The van der Waals surface area contributed by atoms with Crippen LogP contribution < -0.4 is 31.4 Å². The van der Waals surface area contributed by atoms with Gasteiger partial charge in [-0.05, 0) is 87.6 Å².